The Bertz CT molecular complexity index is 409. The topological polar surface area (TPSA) is 29.4 Å². The lowest BCUT2D eigenvalue weighted by atomic mass is 9.94. The molecule has 0 radical (unpaired) electrons. The highest BCUT2D eigenvalue weighted by Crippen LogP contribution is 2.27. The molecule has 0 fully saturated rings. The Labute approximate surface area is 95.2 Å². The fourth-order valence-corrected chi connectivity index (χ4v) is 2.01. The first-order valence-electron chi connectivity index (χ1n) is 5.55. The number of alkyl halides is 1. The molecule has 0 saturated carbocycles. The molecule has 0 bridgehead atoms. The van der Waals surface area contributed by atoms with E-state index in [9.17, 15) is 9.18 Å². The second-order valence-corrected chi connectivity index (χ2v) is 3.55. The third-order valence-electron chi connectivity index (χ3n) is 2.75. The van der Waals surface area contributed by atoms with Gasteiger partial charge in [-0.15, -0.1) is 0 Å². The minimum atomic E-state index is -0.381. The zero-order valence-corrected chi connectivity index (χ0v) is 9.72. The molecule has 1 rings (SSSR count). The van der Waals surface area contributed by atoms with Crippen molar-refractivity contribution in [1.29, 1.82) is 0 Å². The lowest BCUT2D eigenvalue weighted by Crippen LogP contribution is -2.00. The van der Waals surface area contributed by atoms with E-state index in [-0.39, 0.29) is 6.67 Å². The van der Waals surface area contributed by atoms with Crippen LogP contribution in [0.25, 0.3) is 0 Å². The number of carbonyl (C=O) groups excluding carboxylic acids is 1. The van der Waals surface area contributed by atoms with Crippen molar-refractivity contribution < 1.29 is 9.18 Å². The summed E-state index contributed by atoms with van der Waals surface area (Å²) in [5.41, 5.74) is 3.74. The van der Waals surface area contributed by atoms with Gasteiger partial charge in [0.05, 0.1) is 12.4 Å². The largest absolute Gasteiger partial charge is 0.251 e. The third-order valence-corrected chi connectivity index (χ3v) is 2.75. The molecule has 86 valence electrons. The molecule has 0 saturated heterocycles. The van der Waals surface area contributed by atoms with Gasteiger partial charge in [0, 0.05) is 6.42 Å². The summed E-state index contributed by atoms with van der Waals surface area (Å²) in [5, 5.41) is 0. The van der Waals surface area contributed by atoms with Crippen molar-refractivity contribution in [3.63, 3.8) is 0 Å². The van der Waals surface area contributed by atoms with Gasteiger partial charge in [0.2, 0.25) is 6.08 Å². The number of benzene rings is 1. The molecule has 0 aliphatic carbocycles. The molecule has 0 aliphatic heterocycles. The van der Waals surface area contributed by atoms with Crippen molar-refractivity contribution in [2.75, 3.05) is 6.67 Å². The second-order valence-electron chi connectivity index (χ2n) is 3.55. The molecule has 0 unspecified atom stereocenters. The summed E-state index contributed by atoms with van der Waals surface area (Å²) in [5.74, 6) is 0. The summed E-state index contributed by atoms with van der Waals surface area (Å²) < 4.78 is 12.5. The number of nitrogens with zero attached hydrogens (tertiary/aromatic N) is 1. The van der Waals surface area contributed by atoms with Crippen LogP contribution in [0.2, 0.25) is 0 Å². The Balaban J connectivity index is 3.35. The zero-order valence-electron chi connectivity index (χ0n) is 9.72. The van der Waals surface area contributed by atoms with E-state index in [4.69, 9.17) is 0 Å². The molecular formula is C13H16FNO. The maximum atomic E-state index is 12.5. The van der Waals surface area contributed by atoms with E-state index >= 15 is 0 Å². The van der Waals surface area contributed by atoms with Crippen LogP contribution in [0.1, 0.15) is 30.5 Å². The predicted molar refractivity (Wildman–Crippen MR) is 62.7 cm³/mol. The van der Waals surface area contributed by atoms with Gasteiger partial charge in [-0.3, -0.25) is 4.39 Å². The molecule has 16 heavy (non-hydrogen) atoms. The van der Waals surface area contributed by atoms with Crippen LogP contribution in [-0.2, 0) is 24.1 Å². The normalized spacial score (nSPS) is 9.94. The van der Waals surface area contributed by atoms with Crippen LogP contribution in [0.15, 0.2) is 17.1 Å². The van der Waals surface area contributed by atoms with Crippen molar-refractivity contribution in [2.45, 2.75) is 33.1 Å². The first-order chi connectivity index (χ1) is 7.78. The number of rotatable bonds is 5. The zero-order chi connectivity index (χ0) is 12.0. The highest BCUT2D eigenvalue weighted by Gasteiger charge is 2.10. The summed E-state index contributed by atoms with van der Waals surface area (Å²) in [6, 6.07) is 3.73. The van der Waals surface area contributed by atoms with E-state index in [2.05, 4.69) is 4.99 Å². The third kappa shape index (κ3) is 2.56. The summed E-state index contributed by atoms with van der Waals surface area (Å²) in [4.78, 5) is 14.0. The molecule has 1 aromatic rings. The maximum Gasteiger partial charge on any atom is 0.240 e. The summed E-state index contributed by atoms with van der Waals surface area (Å²) in [7, 11) is 0. The van der Waals surface area contributed by atoms with Crippen LogP contribution in [0.3, 0.4) is 0 Å². The van der Waals surface area contributed by atoms with E-state index in [1.54, 1.807) is 6.08 Å². The highest BCUT2D eigenvalue weighted by atomic mass is 19.1. The molecule has 0 amide bonds. The quantitative estimate of drug-likeness (QED) is 0.554. The smallest absolute Gasteiger partial charge is 0.240 e. The molecule has 0 atom stereocenters. The highest BCUT2D eigenvalue weighted by molar-refractivity contribution is 5.58. The number of halogens is 1. The Morgan fingerprint density at radius 1 is 1.25 bits per heavy atom. The number of hydrogen-bond donors (Lipinski definition) is 0. The molecule has 2 nitrogen and oxygen atoms in total. The van der Waals surface area contributed by atoms with Gasteiger partial charge in [-0.05, 0) is 35.6 Å². The van der Waals surface area contributed by atoms with Crippen LogP contribution < -0.4 is 0 Å². The van der Waals surface area contributed by atoms with Crippen LogP contribution in [0.4, 0.5) is 10.1 Å². The van der Waals surface area contributed by atoms with Crippen molar-refractivity contribution in [1.82, 2.24) is 0 Å². The Hall–Kier alpha value is -1.47. The van der Waals surface area contributed by atoms with E-state index in [1.807, 2.05) is 26.0 Å². The van der Waals surface area contributed by atoms with Gasteiger partial charge < -0.3 is 0 Å². The fraction of sp³-hybridized carbons (Fsp3) is 0.462. The minimum absolute atomic E-state index is 0.381. The molecular weight excluding hydrogens is 205 g/mol. The van der Waals surface area contributed by atoms with Crippen LogP contribution in [-0.4, -0.2) is 12.8 Å². The van der Waals surface area contributed by atoms with Gasteiger partial charge in [0.25, 0.3) is 0 Å². The maximum absolute atomic E-state index is 12.5. The fourth-order valence-electron chi connectivity index (χ4n) is 2.01. The average molecular weight is 221 g/mol. The van der Waals surface area contributed by atoms with Crippen LogP contribution >= 0.6 is 0 Å². The molecule has 0 aliphatic rings. The Kier molecular flexibility index (Phi) is 4.87. The predicted octanol–water partition coefficient (Wildman–Crippen LogP) is 3.29. The molecule has 0 heterocycles. The van der Waals surface area contributed by atoms with Crippen molar-refractivity contribution in [3.05, 3.63) is 28.8 Å². The first kappa shape index (κ1) is 12.6. The van der Waals surface area contributed by atoms with E-state index in [0.29, 0.717) is 12.1 Å². The van der Waals surface area contributed by atoms with E-state index in [0.717, 1.165) is 29.5 Å². The monoisotopic (exact) mass is 221 g/mol. The molecule has 0 aromatic heterocycles. The lowest BCUT2D eigenvalue weighted by Gasteiger charge is -2.13. The molecule has 1 aromatic carbocycles. The standard InChI is InChI=1S/C13H16FNO/c1-3-10-5-6-13(15-9-16)11(4-2)12(10)7-8-14/h5-6H,3-4,7-8H2,1-2H3. The lowest BCUT2D eigenvalue weighted by molar-refractivity contribution is 0.493. The van der Waals surface area contributed by atoms with E-state index in [1.165, 1.54) is 0 Å². The molecule has 0 N–H and O–H groups in total. The van der Waals surface area contributed by atoms with Gasteiger partial charge in [-0.1, -0.05) is 19.9 Å². The van der Waals surface area contributed by atoms with Crippen LogP contribution in [0, 0.1) is 0 Å². The average Bonchev–Trinajstić information content (AvgIpc) is 2.30. The number of hydrogen-bond acceptors (Lipinski definition) is 2. The van der Waals surface area contributed by atoms with Gasteiger partial charge in [0.15, 0.2) is 0 Å². The number of aryl methyl sites for hydroxylation is 1. The Morgan fingerprint density at radius 3 is 2.50 bits per heavy atom. The molecule has 0 spiro atoms. The summed E-state index contributed by atoms with van der Waals surface area (Å²) >= 11 is 0. The second kappa shape index (κ2) is 6.19. The van der Waals surface area contributed by atoms with Crippen molar-refractivity contribution >= 4 is 11.8 Å². The van der Waals surface area contributed by atoms with Crippen molar-refractivity contribution in [3.8, 4) is 0 Å². The van der Waals surface area contributed by atoms with E-state index < -0.39 is 0 Å². The van der Waals surface area contributed by atoms with Gasteiger partial charge >= 0.3 is 0 Å². The van der Waals surface area contributed by atoms with Gasteiger partial charge in [0.1, 0.15) is 0 Å². The Morgan fingerprint density at radius 2 is 2.00 bits per heavy atom. The number of aliphatic imine (C=N–C) groups is 1. The summed E-state index contributed by atoms with van der Waals surface area (Å²) in [6.07, 6.45) is 3.57. The first-order valence-corrected chi connectivity index (χ1v) is 5.55. The molecule has 3 heteroatoms. The summed E-state index contributed by atoms with van der Waals surface area (Å²) in [6.45, 7) is 3.65. The van der Waals surface area contributed by atoms with Crippen LogP contribution in [0.5, 0.6) is 0 Å². The SMILES string of the molecule is CCc1ccc(N=C=O)c(CC)c1CCF. The van der Waals surface area contributed by atoms with Crippen molar-refractivity contribution in [2.24, 2.45) is 4.99 Å². The van der Waals surface area contributed by atoms with Gasteiger partial charge in [-0.2, -0.15) is 4.99 Å². The van der Waals surface area contributed by atoms with Gasteiger partial charge in [-0.25, -0.2) is 4.79 Å². The number of isocyanates is 1. The minimum Gasteiger partial charge on any atom is -0.251 e.